The van der Waals surface area contributed by atoms with Crippen molar-refractivity contribution in [3.63, 3.8) is 0 Å². The maximum atomic E-state index is 11.1. The highest BCUT2D eigenvalue weighted by Crippen LogP contribution is 2.32. The topological polar surface area (TPSA) is 80.0 Å². The van der Waals surface area contributed by atoms with Crippen LogP contribution in [0.5, 0.6) is 17.2 Å². The molecule has 1 atom stereocenters. The standard InChI is InChI=1S/C18H21NO5/c1-21-14-8-9-15(16(10-14)22-2)18(19)12-4-6-13(7-5-12)24-11-17(20)23-3/h4-10,18H,11,19H2,1-3H3. The normalized spacial score (nSPS) is 11.5. The van der Waals surface area contributed by atoms with Crippen molar-refractivity contribution in [2.24, 2.45) is 5.73 Å². The summed E-state index contributed by atoms with van der Waals surface area (Å²) in [7, 11) is 4.51. The third kappa shape index (κ3) is 4.17. The first-order valence-corrected chi connectivity index (χ1v) is 7.36. The van der Waals surface area contributed by atoms with E-state index in [-0.39, 0.29) is 12.6 Å². The number of carbonyl (C=O) groups excluding carboxylic acids is 1. The fourth-order valence-corrected chi connectivity index (χ4v) is 2.23. The molecule has 1 unspecified atom stereocenters. The Morgan fingerprint density at radius 2 is 1.67 bits per heavy atom. The molecule has 0 radical (unpaired) electrons. The summed E-state index contributed by atoms with van der Waals surface area (Å²) in [4.78, 5) is 11.1. The van der Waals surface area contributed by atoms with Crippen LogP contribution in [0, 0.1) is 0 Å². The van der Waals surface area contributed by atoms with E-state index in [2.05, 4.69) is 4.74 Å². The smallest absolute Gasteiger partial charge is 0.343 e. The summed E-state index contributed by atoms with van der Waals surface area (Å²) in [5, 5.41) is 0. The van der Waals surface area contributed by atoms with E-state index in [0.29, 0.717) is 17.2 Å². The number of rotatable bonds is 7. The summed E-state index contributed by atoms with van der Waals surface area (Å²) < 4.78 is 20.4. The highest BCUT2D eigenvalue weighted by atomic mass is 16.6. The molecule has 0 heterocycles. The minimum absolute atomic E-state index is 0.131. The average molecular weight is 331 g/mol. The van der Waals surface area contributed by atoms with Crippen LogP contribution in [0.1, 0.15) is 17.2 Å². The van der Waals surface area contributed by atoms with Gasteiger partial charge in [0.25, 0.3) is 0 Å². The maximum Gasteiger partial charge on any atom is 0.343 e. The minimum Gasteiger partial charge on any atom is -0.497 e. The number of ether oxygens (including phenoxy) is 4. The number of methoxy groups -OCH3 is 3. The SMILES string of the molecule is COC(=O)COc1ccc(C(N)c2ccc(OC)cc2OC)cc1. The molecule has 24 heavy (non-hydrogen) atoms. The molecule has 128 valence electrons. The van der Waals surface area contributed by atoms with Crippen LogP contribution in [0.25, 0.3) is 0 Å². The molecule has 2 N–H and O–H groups in total. The van der Waals surface area contributed by atoms with E-state index in [1.807, 2.05) is 24.3 Å². The Morgan fingerprint density at radius 3 is 2.25 bits per heavy atom. The second kappa shape index (κ2) is 8.21. The van der Waals surface area contributed by atoms with Crippen molar-refractivity contribution in [2.45, 2.75) is 6.04 Å². The van der Waals surface area contributed by atoms with Crippen LogP contribution in [0.4, 0.5) is 0 Å². The second-order valence-electron chi connectivity index (χ2n) is 5.02. The third-order valence-electron chi connectivity index (χ3n) is 3.60. The largest absolute Gasteiger partial charge is 0.497 e. The van der Waals surface area contributed by atoms with Crippen LogP contribution in [-0.2, 0) is 9.53 Å². The van der Waals surface area contributed by atoms with Gasteiger partial charge in [-0.25, -0.2) is 4.79 Å². The van der Waals surface area contributed by atoms with Gasteiger partial charge in [0.1, 0.15) is 17.2 Å². The first-order valence-electron chi connectivity index (χ1n) is 7.36. The summed E-state index contributed by atoms with van der Waals surface area (Å²) >= 11 is 0. The molecule has 0 aliphatic carbocycles. The average Bonchev–Trinajstić information content (AvgIpc) is 2.65. The van der Waals surface area contributed by atoms with Gasteiger partial charge in [0, 0.05) is 11.6 Å². The molecule has 2 rings (SSSR count). The Labute approximate surface area is 141 Å². The second-order valence-corrected chi connectivity index (χ2v) is 5.02. The lowest BCUT2D eigenvalue weighted by Crippen LogP contribution is -2.14. The van der Waals surface area contributed by atoms with Crippen molar-refractivity contribution in [3.8, 4) is 17.2 Å². The van der Waals surface area contributed by atoms with Gasteiger partial charge in [-0.15, -0.1) is 0 Å². The molecule has 6 nitrogen and oxygen atoms in total. The van der Waals surface area contributed by atoms with Gasteiger partial charge < -0.3 is 24.7 Å². The maximum absolute atomic E-state index is 11.1. The summed E-state index contributed by atoms with van der Waals surface area (Å²) in [6.07, 6.45) is 0. The molecule has 0 bridgehead atoms. The Kier molecular flexibility index (Phi) is 6.03. The zero-order chi connectivity index (χ0) is 17.5. The van der Waals surface area contributed by atoms with Gasteiger partial charge in [-0.05, 0) is 29.8 Å². The van der Waals surface area contributed by atoms with E-state index < -0.39 is 5.97 Å². The Hall–Kier alpha value is -2.73. The van der Waals surface area contributed by atoms with Gasteiger partial charge in [0.15, 0.2) is 6.61 Å². The number of hydrogen-bond donors (Lipinski definition) is 1. The molecule has 0 amide bonds. The summed E-state index contributed by atoms with van der Waals surface area (Å²) in [5.74, 6) is 1.50. The predicted molar refractivity (Wildman–Crippen MR) is 89.5 cm³/mol. The number of esters is 1. The molecule has 0 fully saturated rings. The summed E-state index contributed by atoms with van der Waals surface area (Å²) in [6.45, 7) is -0.131. The molecule has 0 aromatic heterocycles. The molecular weight excluding hydrogens is 310 g/mol. The number of nitrogens with two attached hydrogens (primary N) is 1. The lowest BCUT2D eigenvalue weighted by molar-refractivity contribution is -0.142. The van der Waals surface area contributed by atoms with Crippen LogP contribution in [0.2, 0.25) is 0 Å². The van der Waals surface area contributed by atoms with Crippen molar-refractivity contribution in [1.82, 2.24) is 0 Å². The fraction of sp³-hybridized carbons (Fsp3) is 0.278. The van der Waals surface area contributed by atoms with Gasteiger partial charge >= 0.3 is 5.97 Å². The van der Waals surface area contributed by atoms with E-state index in [9.17, 15) is 4.79 Å². The highest BCUT2D eigenvalue weighted by Gasteiger charge is 2.15. The molecule has 0 saturated heterocycles. The lowest BCUT2D eigenvalue weighted by Gasteiger charge is -2.17. The van der Waals surface area contributed by atoms with Crippen molar-refractivity contribution in [2.75, 3.05) is 27.9 Å². The van der Waals surface area contributed by atoms with Crippen molar-refractivity contribution >= 4 is 5.97 Å². The monoisotopic (exact) mass is 331 g/mol. The molecule has 2 aromatic rings. The first kappa shape index (κ1) is 17.6. The number of carbonyl (C=O) groups is 1. The van der Waals surface area contributed by atoms with Gasteiger partial charge in [-0.1, -0.05) is 12.1 Å². The Morgan fingerprint density at radius 1 is 1.00 bits per heavy atom. The van der Waals surface area contributed by atoms with Crippen LogP contribution in [0.15, 0.2) is 42.5 Å². The lowest BCUT2D eigenvalue weighted by atomic mass is 9.98. The zero-order valence-corrected chi connectivity index (χ0v) is 13.9. The Balaban J connectivity index is 2.15. The molecule has 0 saturated carbocycles. The van der Waals surface area contributed by atoms with E-state index >= 15 is 0 Å². The van der Waals surface area contributed by atoms with Gasteiger partial charge in [0.2, 0.25) is 0 Å². The molecule has 2 aromatic carbocycles. The number of hydrogen-bond acceptors (Lipinski definition) is 6. The van der Waals surface area contributed by atoms with Crippen LogP contribution in [0.3, 0.4) is 0 Å². The van der Waals surface area contributed by atoms with Crippen LogP contribution in [-0.4, -0.2) is 33.9 Å². The molecule has 0 aliphatic heterocycles. The molecule has 6 heteroatoms. The quantitative estimate of drug-likeness (QED) is 0.784. The third-order valence-corrected chi connectivity index (χ3v) is 3.60. The Bertz CT molecular complexity index is 684. The highest BCUT2D eigenvalue weighted by molar-refractivity contribution is 5.70. The zero-order valence-electron chi connectivity index (χ0n) is 13.9. The first-order chi connectivity index (χ1) is 11.6. The number of benzene rings is 2. The summed E-state index contributed by atoms with van der Waals surface area (Å²) in [5.41, 5.74) is 8.08. The molecule has 0 spiro atoms. The van der Waals surface area contributed by atoms with Gasteiger partial charge in [-0.3, -0.25) is 0 Å². The van der Waals surface area contributed by atoms with Crippen molar-refractivity contribution in [3.05, 3.63) is 53.6 Å². The van der Waals surface area contributed by atoms with E-state index in [0.717, 1.165) is 11.1 Å². The van der Waals surface area contributed by atoms with Crippen LogP contribution >= 0.6 is 0 Å². The summed E-state index contributed by atoms with van der Waals surface area (Å²) in [6, 6.07) is 12.4. The van der Waals surface area contributed by atoms with Crippen LogP contribution < -0.4 is 19.9 Å². The van der Waals surface area contributed by atoms with E-state index in [1.165, 1.54) is 7.11 Å². The fourth-order valence-electron chi connectivity index (χ4n) is 2.23. The van der Waals surface area contributed by atoms with Crippen molar-refractivity contribution < 1.29 is 23.7 Å². The van der Waals surface area contributed by atoms with Crippen molar-refractivity contribution in [1.29, 1.82) is 0 Å². The van der Waals surface area contributed by atoms with E-state index in [1.54, 1.807) is 32.4 Å². The van der Waals surface area contributed by atoms with E-state index in [4.69, 9.17) is 19.9 Å². The van der Waals surface area contributed by atoms with Gasteiger partial charge in [0.05, 0.1) is 27.4 Å². The predicted octanol–water partition coefficient (Wildman–Crippen LogP) is 2.30. The molecular formula is C18H21NO5. The van der Waals surface area contributed by atoms with Gasteiger partial charge in [-0.2, -0.15) is 0 Å². The minimum atomic E-state index is -0.432. The molecule has 0 aliphatic rings.